The molecular formula is C22H43IN6O2. The molecule has 3 fully saturated rings. The summed E-state index contributed by atoms with van der Waals surface area (Å²) >= 11 is 0. The number of halogens is 1. The van der Waals surface area contributed by atoms with Gasteiger partial charge in [0.1, 0.15) is 0 Å². The zero-order valence-corrected chi connectivity index (χ0v) is 21.8. The van der Waals surface area contributed by atoms with Crippen molar-refractivity contribution in [1.29, 1.82) is 0 Å². The van der Waals surface area contributed by atoms with E-state index in [0.717, 1.165) is 97.5 Å². The van der Waals surface area contributed by atoms with E-state index in [1.54, 1.807) is 0 Å². The average Bonchev–Trinajstić information content (AvgIpc) is 3.33. The van der Waals surface area contributed by atoms with Crippen LogP contribution in [0.3, 0.4) is 0 Å². The van der Waals surface area contributed by atoms with Gasteiger partial charge in [0.05, 0.1) is 19.8 Å². The van der Waals surface area contributed by atoms with E-state index in [-0.39, 0.29) is 24.0 Å². The van der Waals surface area contributed by atoms with Crippen LogP contribution in [-0.4, -0.2) is 111 Å². The van der Waals surface area contributed by atoms with Gasteiger partial charge in [-0.2, -0.15) is 0 Å². The molecule has 2 N–H and O–H groups in total. The monoisotopic (exact) mass is 550 g/mol. The van der Waals surface area contributed by atoms with Crippen LogP contribution in [0.25, 0.3) is 0 Å². The summed E-state index contributed by atoms with van der Waals surface area (Å²) in [4.78, 5) is 24.4. The van der Waals surface area contributed by atoms with E-state index in [4.69, 9.17) is 9.73 Å². The third-order valence-corrected chi connectivity index (χ3v) is 6.64. The van der Waals surface area contributed by atoms with Crippen LogP contribution in [0.1, 0.15) is 39.5 Å². The molecule has 180 valence electrons. The van der Waals surface area contributed by atoms with Gasteiger partial charge in [0.25, 0.3) is 0 Å². The predicted octanol–water partition coefficient (Wildman–Crippen LogP) is 1.21. The summed E-state index contributed by atoms with van der Waals surface area (Å²) in [6, 6.07) is 0.426. The lowest BCUT2D eigenvalue weighted by molar-refractivity contribution is -0.137. The number of guanidine groups is 1. The van der Waals surface area contributed by atoms with Crippen LogP contribution in [-0.2, 0) is 9.53 Å². The molecule has 1 amide bonds. The SMILES string of the molecule is CCNC(=NCC(C)N1CCOCC1)NCCN1CCN(C(=O)C2CCCC2)CC1.I. The lowest BCUT2D eigenvalue weighted by Gasteiger charge is -2.36. The molecule has 0 aromatic rings. The Morgan fingerprint density at radius 2 is 1.74 bits per heavy atom. The van der Waals surface area contributed by atoms with E-state index in [1.165, 1.54) is 12.8 Å². The van der Waals surface area contributed by atoms with Crippen molar-refractivity contribution in [3.63, 3.8) is 0 Å². The number of aliphatic imine (C=N–C) groups is 1. The predicted molar refractivity (Wildman–Crippen MR) is 136 cm³/mol. The summed E-state index contributed by atoms with van der Waals surface area (Å²) < 4.78 is 5.44. The van der Waals surface area contributed by atoms with Gasteiger partial charge < -0.3 is 20.3 Å². The minimum absolute atomic E-state index is 0. The highest BCUT2D eigenvalue weighted by atomic mass is 127. The number of amides is 1. The molecule has 0 aromatic carbocycles. The fourth-order valence-electron chi connectivity index (χ4n) is 4.65. The molecule has 0 radical (unpaired) electrons. The number of carbonyl (C=O) groups is 1. The van der Waals surface area contributed by atoms with Gasteiger partial charge in [-0.15, -0.1) is 24.0 Å². The van der Waals surface area contributed by atoms with E-state index in [9.17, 15) is 4.79 Å². The molecule has 3 aliphatic rings. The van der Waals surface area contributed by atoms with Crippen LogP contribution < -0.4 is 10.6 Å². The molecule has 8 nitrogen and oxygen atoms in total. The standard InChI is InChI=1S/C22H42N6O2.HI/c1-3-23-22(25-18-19(2)27-14-16-30-17-15-27)24-8-9-26-10-12-28(13-11-26)21(29)20-6-4-5-7-20;/h19-20H,3-18H2,1-2H3,(H2,23,24,25);1H. The number of rotatable bonds is 8. The van der Waals surface area contributed by atoms with Crippen molar-refractivity contribution in [2.75, 3.05) is 78.7 Å². The van der Waals surface area contributed by atoms with Crippen molar-refractivity contribution in [3.8, 4) is 0 Å². The summed E-state index contributed by atoms with van der Waals surface area (Å²) in [6.45, 7) is 15.2. The molecule has 1 saturated carbocycles. The van der Waals surface area contributed by atoms with Gasteiger partial charge in [0.2, 0.25) is 5.91 Å². The molecule has 2 saturated heterocycles. The quantitative estimate of drug-likeness (QED) is 0.269. The molecule has 1 atom stereocenters. The Morgan fingerprint density at radius 1 is 1.06 bits per heavy atom. The van der Waals surface area contributed by atoms with Gasteiger partial charge in [-0.05, 0) is 26.7 Å². The summed E-state index contributed by atoms with van der Waals surface area (Å²) in [5, 5.41) is 6.83. The third kappa shape index (κ3) is 8.66. The van der Waals surface area contributed by atoms with E-state index in [0.29, 0.717) is 17.9 Å². The molecular weight excluding hydrogens is 507 g/mol. The summed E-state index contributed by atoms with van der Waals surface area (Å²) in [5.41, 5.74) is 0. The van der Waals surface area contributed by atoms with E-state index < -0.39 is 0 Å². The average molecular weight is 551 g/mol. The number of piperazine rings is 1. The highest BCUT2D eigenvalue weighted by Gasteiger charge is 2.29. The first-order valence-corrected chi connectivity index (χ1v) is 12.0. The first-order valence-electron chi connectivity index (χ1n) is 12.0. The van der Waals surface area contributed by atoms with E-state index >= 15 is 0 Å². The number of nitrogens with one attached hydrogen (secondary N) is 2. The minimum atomic E-state index is 0. The third-order valence-electron chi connectivity index (χ3n) is 6.64. The molecule has 0 aromatic heterocycles. The fraction of sp³-hybridized carbons (Fsp3) is 0.909. The van der Waals surface area contributed by atoms with Gasteiger partial charge in [-0.25, -0.2) is 0 Å². The summed E-state index contributed by atoms with van der Waals surface area (Å²) in [7, 11) is 0. The van der Waals surface area contributed by atoms with E-state index in [2.05, 4.69) is 39.2 Å². The van der Waals surface area contributed by atoms with Crippen molar-refractivity contribution >= 4 is 35.8 Å². The lowest BCUT2D eigenvalue weighted by atomic mass is 10.1. The van der Waals surface area contributed by atoms with Crippen LogP contribution in [0, 0.1) is 5.92 Å². The Morgan fingerprint density at radius 3 is 2.39 bits per heavy atom. The molecule has 31 heavy (non-hydrogen) atoms. The molecule has 1 unspecified atom stereocenters. The van der Waals surface area contributed by atoms with Crippen molar-refractivity contribution in [1.82, 2.24) is 25.3 Å². The van der Waals surface area contributed by atoms with Crippen molar-refractivity contribution in [2.45, 2.75) is 45.6 Å². The highest BCUT2D eigenvalue weighted by molar-refractivity contribution is 14.0. The number of hydrogen-bond acceptors (Lipinski definition) is 5. The van der Waals surface area contributed by atoms with Gasteiger partial charge >= 0.3 is 0 Å². The zero-order valence-electron chi connectivity index (χ0n) is 19.5. The Hall–Kier alpha value is -0.650. The highest BCUT2D eigenvalue weighted by Crippen LogP contribution is 2.26. The second kappa shape index (κ2) is 14.5. The van der Waals surface area contributed by atoms with Gasteiger partial charge in [0.15, 0.2) is 5.96 Å². The van der Waals surface area contributed by atoms with Crippen molar-refractivity contribution < 1.29 is 9.53 Å². The fourth-order valence-corrected chi connectivity index (χ4v) is 4.65. The molecule has 0 spiro atoms. The maximum absolute atomic E-state index is 12.6. The first-order chi connectivity index (χ1) is 14.7. The molecule has 9 heteroatoms. The topological polar surface area (TPSA) is 72.4 Å². The molecule has 3 rings (SSSR count). The van der Waals surface area contributed by atoms with E-state index in [1.807, 2.05) is 0 Å². The number of carbonyl (C=O) groups excluding carboxylic acids is 1. The normalized spacial score (nSPS) is 22.8. The summed E-state index contributed by atoms with van der Waals surface area (Å²) in [6.07, 6.45) is 4.64. The summed E-state index contributed by atoms with van der Waals surface area (Å²) in [5.74, 6) is 1.60. The van der Waals surface area contributed by atoms with Crippen LogP contribution in [0.15, 0.2) is 4.99 Å². The number of hydrogen-bond donors (Lipinski definition) is 2. The van der Waals surface area contributed by atoms with Crippen LogP contribution in [0.4, 0.5) is 0 Å². The maximum Gasteiger partial charge on any atom is 0.225 e. The maximum atomic E-state index is 12.6. The molecule has 0 bridgehead atoms. The van der Waals surface area contributed by atoms with Crippen LogP contribution in [0.5, 0.6) is 0 Å². The number of morpholine rings is 1. The second-order valence-corrected chi connectivity index (χ2v) is 8.79. The Balaban J connectivity index is 0.00000341. The molecule has 1 aliphatic carbocycles. The number of ether oxygens (including phenoxy) is 1. The Bertz CT molecular complexity index is 544. The minimum Gasteiger partial charge on any atom is -0.379 e. The van der Waals surface area contributed by atoms with Crippen molar-refractivity contribution in [3.05, 3.63) is 0 Å². The van der Waals surface area contributed by atoms with Crippen molar-refractivity contribution in [2.24, 2.45) is 10.9 Å². The second-order valence-electron chi connectivity index (χ2n) is 8.79. The largest absolute Gasteiger partial charge is 0.379 e. The zero-order chi connectivity index (χ0) is 21.2. The first kappa shape index (κ1) is 26.6. The lowest BCUT2D eigenvalue weighted by Crippen LogP contribution is -2.52. The molecule has 2 aliphatic heterocycles. The smallest absolute Gasteiger partial charge is 0.225 e. The Kier molecular flexibility index (Phi) is 12.4. The van der Waals surface area contributed by atoms with Crippen LogP contribution >= 0.6 is 24.0 Å². The van der Waals surface area contributed by atoms with Gasteiger partial charge in [-0.1, -0.05) is 12.8 Å². The van der Waals surface area contributed by atoms with Gasteiger partial charge in [-0.3, -0.25) is 19.6 Å². The number of nitrogens with zero attached hydrogens (tertiary/aromatic N) is 4. The Labute approximate surface area is 205 Å². The van der Waals surface area contributed by atoms with Gasteiger partial charge in [0, 0.05) is 70.9 Å². The molecule has 2 heterocycles. The van der Waals surface area contributed by atoms with Crippen LogP contribution in [0.2, 0.25) is 0 Å².